The Morgan fingerprint density at radius 1 is 0.930 bits per heavy atom. The molecule has 3 aromatic carbocycles. The summed E-state index contributed by atoms with van der Waals surface area (Å²) in [5, 5.41) is 7.11. The van der Waals surface area contributed by atoms with Crippen molar-refractivity contribution in [2.45, 2.75) is 39.5 Å². The second kappa shape index (κ2) is 14.0. The summed E-state index contributed by atoms with van der Waals surface area (Å²) >= 11 is 0. The summed E-state index contributed by atoms with van der Waals surface area (Å²) in [6.45, 7) is 7.14. The van der Waals surface area contributed by atoms with Crippen LogP contribution < -0.4 is 10.1 Å². The number of carbonyl (C=O) groups is 2. The Labute approximate surface area is 250 Å². The van der Waals surface area contributed by atoms with E-state index in [1.807, 2.05) is 96.4 Å². The van der Waals surface area contributed by atoms with E-state index in [1.54, 1.807) is 18.5 Å². The van der Waals surface area contributed by atoms with Crippen molar-refractivity contribution in [1.82, 2.24) is 9.72 Å². The summed E-state index contributed by atoms with van der Waals surface area (Å²) < 4.78 is 18.8. The molecule has 0 spiro atoms. The molecule has 1 N–H and O–H groups in total. The van der Waals surface area contributed by atoms with Gasteiger partial charge in [0.05, 0.1) is 5.69 Å². The molecule has 0 aliphatic rings. The normalized spacial score (nSPS) is 10.7. The average molecular weight is 576 g/mol. The molecular formula is C35H33N3O5. The van der Waals surface area contributed by atoms with Crippen LogP contribution >= 0.6 is 0 Å². The van der Waals surface area contributed by atoms with Crippen LogP contribution in [0.2, 0.25) is 0 Å². The van der Waals surface area contributed by atoms with Gasteiger partial charge in [-0.1, -0.05) is 78.5 Å². The zero-order chi connectivity index (χ0) is 30.0. The van der Waals surface area contributed by atoms with Crippen molar-refractivity contribution in [3.05, 3.63) is 132 Å². The van der Waals surface area contributed by atoms with E-state index in [0.29, 0.717) is 42.3 Å². The van der Waals surface area contributed by atoms with E-state index in [2.05, 4.69) is 17.1 Å². The van der Waals surface area contributed by atoms with Gasteiger partial charge in [0, 0.05) is 42.9 Å². The SMILES string of the molecule is C=Cc1c(-c2ccc(OCc3ccccc3)cc2)noc1CCC(=O)Nc1cn(CC)cc1C(=O)OCc1ccccc1. The Morgan fingerprint density at radius 2 is 1.60 bits per heavy atom. The Morgan fingerprint density at radius 3 is 2.26 bits per heavy atom. The number of anilines is 1. The number of rotatable bonds is 13. The number of aryl methyl sites for hydroxylation is 2. The van der Waals surface area contributed by atoms with Gasteiger partial charge in [-0.05, 0) is 42.3 Å². The maximum absolute atomic E-state index is 12.9. The molecule has 0 saturated heterocycles. The second-order valence-electron chi connectivity index (χ2n) is 9.90. The molecule has 43 heavy (non-hydrogen) atoms. The van der Waals surface area contributed by atoms with Gasteiger partial charge < -0.3 is 23.9 Å². The maximum Gasteiger partial charge on any atom is 0.342 e. The zero-order valence-corrected chi connectivity index (χ0v) is 24.0. The molecule has 0 unspecified atom stereocenters. The van der Waals surface area contributed by atoms with Crippen molar-refractivity contribution >= 4 is 23.6 Å². The molecule has 218 valence electrons. The highest BCUT2D eigenvalue weighted by Crippen LogP contribution is 2.29. The average Bonchev–Trinajstić information content (AvgIpc) is 3.66. The highest BCUT2D eigenvalue weighted by molar-refractivity contribution is 6.01. The van der Waals surface area contributed by atoms with Crippen molar-refractivity contribution in [1.29, 1.82) is 0 Å². The summed E-state index contributed by atoms with van der Waals surface area (Å²) in [5.41, 5.74) is 4.90. The number of hydrogen-bond donors (Lipinski definition) is 1. The molecular weight excluding hydrogens is 542 g/mol. The largest absolute Gasteiger partial charge is 0.489 e. The number of carbonyl (C=O) groups excluding carboxylic acids is 2. The Balaban J connectivity index is 1.19. The topological polar surface area (TPSA) is 95.6 Å². The molecule has 2 aromatic heterocycles. The molecule has 0 radical (unpaired) electrons. The summed E-state index contributed by atoms with van der Waals surface area (Å²) in [4.78, 5) is 25.8. The number of hydrogen-bond acceptors (Lipinski definition) is 6. The number of esters is 1. The van der Waals surface area contributed by atoms with Crippen molar-refractivity contribution in [2.75, 3.05) is 5.32 Å². The van der Waals surface area contributed by atoms with Gasteiger partial charge in [0.1, 0.15) is 36.0 Å². The predicted molar refractivity (Wildman–Crippen MR) is 165 cm³/mol. The van der Waals surface area contributed by atoms with Crippen LogP contribution in [0.5, 0.6) is 5.75 Å². The first-order valence-electron chi connectivity index (χ1n) is 14.1. The lowest BCUT2D eigenvalue weighted by molar-refractivity contribution is -0.116. The molecule has 0 atom stereocenters. The third-order valence-electron chi connectivity index (χ3n) is 6.91. The summed E-state index contributed by atoms with van der Waals surface area (Å²) in [6, 6.07) is 27.0. The first-order valence-corrected chi connectivity index (χ1v) is 14.1. The third kappa shape index (κ3) is 7.48. The van der Waals surface area contributed by atoms with Crippen LogP contribution in [0.15, 0.2) is 108 Å². The fourth-order valence-corrected chi connectivity index (χ4v) is 4.57. The van der Waals surface area contributed by atoms with Crippen LogP contribution in [-0.2, 0) is 35.7 Å². The van der Waals surface area contributed by atoms with Gasteiger partial charge in [-0.25, -0.2) is 4.79 Å². The van der Waals surface area contributed by atoms with Crippen molar-refractivity contribution in [3.8, 4) is 17.0 Å². The number of ether oxygens (including phenoxy) is 2. The number of nitrogens with one attached hydrogen (secondary N) is 1. The first-order chi connectivity index (χ1) is 21.0. The van der Waals surface area contributed by atoms with E-state index in [4.69, 9.17) is 14.0 Å². The molecule has 0 saturated carbocycles. The lowest BCUT2D eigenvalue weighted by atomic mass is 10.0. The summed E-state index contributed by atoms with van der Waals surface area (Å²) in [5.74, 6) is 0.530. The highest BCUT2D eigenvalue weighted by atomic mass is 16.5. The minimum absolute atomic E-state index is 0.123. The molecule has 0 bridgehead atoms. The van der Waals surface area contributed by atoms with Crippen LogP contribution in [0.25, 0.3) is 17.3 Å². The van der Waals surface area contributed by atoms with E-state index in [0.717, 1.165) is 28.0 Å². The number of aromatic nitrogens is 2. The molecule has 2 heterocycles. The fourth-order valence-electron chi connectivity index (χ4n) is 4.57. The molecule has 1 amide bonds. The lowest BCUT2D eigenvalue weighted by Crippen LogP contribution is -2.15. The molecule has 8 heteroatoms. The van der Waals surface area contributed by atoms with E-state index in [-0.39, 0.29) is 18.9 Å². The van der Waals surface area contributed by atoms with E-state index in [1.165, 1.54) is 0 Å². The van der Waals surface area contributed by atoms with E-state index >= 15 is 0 Å². The fraction of sp³-hybridized carbons (Fsp3) is 0.171. The lowest BCUT2D eigenvalue weighted by Gasteiger charge is -2.08. The van der Waals surface area contributed by atoms with Crippen molar-refractivity contribution in [2.24, 2.45) is 0 Å². The molecule has 8 nitrogen and oxygen atoms in total. The Kier molecular flexibility index (Phi) is 9.49. The van der Waals surface area contributed by atoms with Crippen molar-refractivity contribution < 1.29 is 23.6 Å². The third-order valence-corrected chi connectivity index (χ3v) is 6.91. The second-order valence-corrected chi connectivity index (χ2v) is 9.90. The van der Waals surface area contributed by atoms with Crippen LogP contribution in [0, 0.1) is 0 Å². The number of amides is 1. The summed E-state index contributed by atoms with van der Waals surface area (Å²) in [6.07, 6.45) is 5.52. The standard InChI is InChI=1S/C35H33N3O5/c1-3-29-32(43-37-34(29)27-15-17-28(18-16-27)41-23-25-11-7-5-8-12-25)19-20-33(39)36-31-22-38(4-2)21-30(31)35(40)42-24-26-13-9-6-10-14-26/h3,5-18,21-22H,1,4,19-20,23-24H2,2H3,(H,36,39). The quantitative estimate of drug-likeness (QED) is 0.148. The smallest absolute Gasteiger partial charge is 0.342 e. The monoisotopic (exact) mass is 575 g/mol. The van der Waals surface area contributed by atoms with Gasteiger partial charge in [-0.2, -0.15) is 0 Å². The molecule has 0 aliphatic heterocycles. The highest BCUT2D eigenvalue weighted by Gasteiger charge is 2.20. The number of nitrogens with zero attached hydrogens (tertiary/aromatic N) is 2. The van der Waals surface area contributed by atoms with E-state index < -0.39 is 5.97 Å². The molecule has 0 aliphatic carbocycles. The minimum atomic E-state index is -0.503. The van der Waals surface area contributed by atoms with Gasteiger partial charge >= 0.3 is 5.97 Å². The molecule has 0 fully saturated rings. The molecule has 5 rings (SSSR count). The predicted octanol–water partition coefficient (Wildman–Crippen LogP) is 7.31. The van der Waals surface area contributed by atoms with Gasteiger partial charge in [-0.3, -0.25) is 4.79 Å². The van der Waals surface area contributed by atoms with Gasteiger partial charge in [0.25, 0.3) is 0 Å². The maximum atomic E-state index is 12.9. The van der Waals surface area contributed by atoms with Crippen LogP contribution in [-0.4, -0.2) is 21.6 Å². The van der Waals surface area contributed by atoms with Crippen LogP contribution in [0.3, 0.4) is 0 Å². The Bertz CT molecular complexity index is 1670. The summed E-state index contributed by atoms with van der Waals surface area (Å²) in [7, 11) is 0. The first kappa shape index (κ1) is 29.1. The molecule has 5 aromatic rings. The van der Waals surface area contributed by atoms with Crippen LogP contribution in [0.1, 0.15) is 46.2 Å². The Hall–Kier alpha value is -5.37. The van der Waals surface area contributed by atoms with Crippen molar-refractivity contribution in [3.63, 3.8) is 0 Å². The minimum Gasteiger partial charge on any atom is -0.489 e. The van der Waals surface area contributed by atoms with E-state index in [9.17, 15) is 9.59 Å². The zero-order valence-electron chi connectivity index (χ0n) is 24.0. The van der Waals surface area contributed by atoms with Gasteiger partial charge in [0.15, 0.2) is 0 Å². The number of benzene rings is 3. The van der Waals surface area contributed by atoms with Gasteiger partial charge in [-0.15, -0.1) is 0 Å². The van der Waals surface area contributed by atoms with Gasteiger partial charge in [0.2, 0.25) is 5.91 Å². The van der Waals surface area contributed by atoms with Crippen LogP contribution in [0.4, 0.5) is 5.69 Å².